The Morgan fingerprint density at radius 2 is 1.71 bits per heavy atom. The normalized spacial score (nSPS) is 15.4. The van der Waals surface area contributed by atoms with Crippen LogP contribution in [-0.2, 0) is 21.5 Å². The third-order valence-corrected chi connectivity index (χ3v) is 7.14. The summed E-state index contributed by atoms with van der Waals surface area (Å²) in [6.07, 6.45) is 5.39. The average Bonchev–Trinajstić information content (AvgIpc) is 2.82. The third kappa shape index (κ3) is 7.88. The number of carbonyl (C=O) groups is 2. The maximum Gasteiger partial charge on any atom is 0.261 e. The van der Waals surface area contributed by atoms with E-state index in [4.69, 9.17) is 27.9 Å². The van der Waals surface area contributed by atoms with Crippen molar-refractivity contribution < 1.29 is 14.3 Å². The highest BCUT2D eigenvalue weighted by atomic mass is 35.5. The van der Waals surface area contributed by atoms with Crippen molar-refractivity contribution in [1.82, 2.24) is 10.2 Å². The van der Waals surface area contributed by atoms with Gasteiger partial charge in [-0.15, -0.1) is 0 Å². The third-order valence-electron chi connectivity index (χ3n) is 6.56. The Morgan fingerprint density at radius 1 is 1.06 bits per heavy atom. The Kier molecular flexibility index (Phi) is 9.48. The van der Waals surface area contributed by atoms with E-state index < -0.39 is 6.04 Å². The molecule has 1 aliphatic rings. The highest BCUT2D eigenvalue weighted by Gasteiger charge is 2.29. The molecule has 1 fully saturated rings. The van der Waals surface area contributed by atoms with Crippen LogP contribution in [0.15, 0.2) is 42.5 Å². The molecule has 1 N–H and O–H groups in total. The van der Waals surface area contributed by atoms with Crippen molar-refractivity contribution in [2.75, 3.05) is 6.61 Å². The number of rotatable bonds is 8. The number of amides is 2. The van der Waals surface area contributed by atoms with Gasteiger partial charge in [0.05, 0.1) is 0 Å². The molecule has 1 aliphatic carbocycles. The van der Waals surface area contributed by atoms with Crippen LogP contribution in [0.1, 0.15) is 70.9 Å². The summed E-state index contributed by atoms with van der Waals surface area (Å²) < 4.78 is 5.81. The average molecular weight is 520 g/mol. The molecule has 35 heavy (non-hydrogen) atoms. The molecule has 2 aromatic carbocycles. The van der Waals surface area contributed by atoms with Crippen LogP contribution in [0.2, 0.25) is 10.0 Å². The first-order valence-corrected chi connectivity index (χ1v) is 13.1. The maximum atomic E-state index is 13.3. The van der Waals surface area contributed by atoms with Crippen molar-refractivity contribution in [3.05, 3.63) is 63.6 Å². The molecule has 3 rings (SSSR count). The van der Waals surface area contributed by atoms with Gasteiger partial charge in [-0.3, -0.25) is 9.59 Å². The minimum atomic E-state index is -0.678. The number of hydrogen-bond donors (Lipinski definition) is 1. The van der Waals surface area contributed by atoms with E-state index in [1.54, 1.807) is 25.1 Å². The SMILES string of the molecule is C[C@@H](C(=O)NC1CCCCC1)N(Cc1ccc(Cl)cc1Cl)C(=O)COc1ccc(C(C)(C)C)cc1. The molecule has 1 atom stereocenters. The van der Waals surface area contributed by atoms with E-state index >= 15 is 0 Å². The number of nitrogens with zero attached hydrogens (tertiary/aromatic N) is 1. The van der Waals surface area contributed by atoms with Crippen LogP contribution in [0.5, 0.6) is 5.75 Å². The number of halogens is 2. The lowest BCUT2D eigenvalue weighted by Gasteiger charge is -2.31. The number of benzene rings is 2. The second-order valence-electron chi connectivity index (χ2n) is 10.3. The molecule has 0 radical (unpaired) electrons. The van der Waals surface area contributed by atoms with Crippen molar-refractivity contribution in [3.63, 3.8) is 0 Å². The molecule has 0 heterocycles. The summed E-state index contributed by atoms with van der Waals surface area (Å²) in [6.45, 7) is 8.18. The van der Waals surface area contributed by atoms with Gasteiger partial charge in [0.25, 0.3) is 5.91 Å². The monoisotopic (exact) mass is 518 g/mol. The Bertz CT molecular complexity index is 1010. The summed E-state index contributed by atoms with van der Waals surface area (Å²) in [5, 5.41) is 4.10. The van der Waals surface area contributed by atoms with E-state index in [0.717, 1.165) is 31.2 Å². The Morgan fingerprint density at radius 3 is 2.31 bits per heavy atom. The van der Waals surface area contributed by atoms with Gasteiger partial charge in [0.1, 0.15) is 11.8 Å². The van der Waals surface area contributed by atoms with Gasteiger partial charge in [0.15, 0.2) is 6.61 Å². The molecule has 0 bridgehead atoms. The molecule has 5 nitrogen and oxygen atoms in total. The van der Waals surface area contributed by atoms with Gasteiger partial charge in [0.2, 0.25) is 5.91 Å². The molecule has 0 aromatic heterocycles. The van der Waals surface area contributed by atoms with Gasteiger partial charge >= 0.3 is 0 Å². The lowest BCUT2D eigenvalue weighted by atomic mass is 9.87. The van der Waals surface area contributed by atoms with Crippen LogP contribution < -0.4 is 10.1 Å². The topological polar surface area (TPSA) is 58.6 Å². The molecule has 2 amide bonds. The zero-order chi connectivity index (χ0) is 25.6. The fourth-order valence-electron chi connectivity index (χ4n) is 4.26. The predicted molar refractivity (Wildman–Crippen MR) is 142 cm³/mol. The second kappa shape index (κ2) is 12.1. The van der Waals surface area contributed by atoms with Crippen LogP contribution in [0, 0.1) is 0 Å². The second-order valence-corrected chi connectivity index (χ2v) is 11.2. The van der Waals surface area contributed by atoms with E-state index in [2.05, 4.69) is 26.1 Å². The van der Waals surface area contributed by atoms with E-state index in [9.17, 15) is 9.59 Å². The van der Waals surface area contributed by atoms with E-state index in [0.29, 0.717) is 15.8 Å². The highest BCUT2D eigenvalue weighted by Crippen LogP contribution is 2.26. The zero-order valence-corrected chi connectivity index (χ0v) is 22.6. The molecule has 0 saturated heterocycles. The van der Waals surface area contributed by atoms with Crippen molar-refractivity contribution in [2.24, 2.45) is 0 Å². The first kappa shape index (κ1) is 27.3. The number of nitrogens with one attached hydrogen (secondary N) is 1. The van der Waals surface area contributed by atoms with E-state index in [1.165, 1.54) is 16.9 Å². The van der Waals surface area contributed by atoms with Gasteiger partial charge in [-0.2, -0.15) is 0 Å². The zero-order valence-electron chi connectivity index (χ0n) is 21.1. The van der Waals surface area contributed by atoms with Gasteiger partial charge in [-0.05, 0) is 60.6 Å². The van der Waals surface area contributed by atoms with E-state index in [-0.39, 0.29) is 36.4 Å². The minimum Gasteiger partial charge on any atom is -0.484 e. The molecule has 2 aromatic rings. The maximum absolute atomic E-state index is 13.3. The number of hydrogen-bond acceptors (Lipinski definition) is 3. The lowest BCUT2D eigenvalue weighted by molar-refractivity contribution is -0.142. The summed E-state index contributed by atoms with van der Waals surface area (Å²) >= 11 is 12.4. The van der Waals surface area contributed by atoms with Crippen LogP contribution in [0.25, 0.3) is 0 Å². The summed E-state index contributed by atoms with van der Waals surface area (Å²) in [6, 6.07) is 12.4. The largest absolute Gasteiger partial charge is 0.484 e. The van der Waals surface area contributed by atoms with Gasteiger partial charge in [0, 0.05) is 22.6 Å². The smallest absolute Gasteiger partial charge is 0.261 e. The van der Waals surface area contributed by atoms with Crippen molar-refractivity contribution in [2.45, 2.75) is 83.8 Å². The van der Waals surface area contributed by atoms with Crippen LogP contribution in [-0.4, -0.2) is 35.4 Å². The Hall–Kier alpha value is -2.24. The first-order chi connectivity index (χ1) is 16.5. The summed E-state index contributed by atoms with van der Waals surface area (Å²) in [5.74, 6) is 0.155. The fourth-order valence-corrected chi connectivity index (χ4v) is 4.73. The summed E-state index contributed by atoms with van der Waals surface area (Å²) in [4.78, 5) is 27.9. The van der Waals surface area contributed by atoms with Crippen molar-refractivity contribution in [3.8, 4) is 5.75 Å². The lowest BCUT2D eigenvalue weighted by Crippen LogP contribution is -2.51. The quantitative estimate of drug-likeness (QED) is 0.431. The number of carbonyl (C=O) groups excluding carboxylic acids is 2. The molecule has 0 spiro atoms. The van der Waals surface area contributed by atoms with Crippen LogP contribution in [0.3, 0.4) is 0 Å². The molecule has 190 valence electrons. The summed E-state index contributed by atoms with van der Waals surface area (Å²) in [5.41, 5.74) is 1.93. The fraction of sp³-hybridized carbons (Fsp3) is 0.500. The first-order valence-electron chi connectivity index (χ1n) is 12.3. The predicted octanol–water partition coefficient (Wildman–Crippen LogP) is 6.54. The molecule has 7 heteroatoms. The standard InChI is InChI=1S/C28H36Cl2N2O3/c1-19(27(34)31-23-8-6-5-7-9-23)32(17-20-10-13-22(29)16-25(20)30)26(33)18-35-24-14-11-21(12-15-24)28(2,3)4/h10-16,19,23H,5-9,17-18H2,1-4H3,(H,31,34)/t19-/m0/s1. The van der Waals surface area contributed by atoms with Gasteiger partial charge in [-0.25, -0.2) is 0 Å². The van der Waals surface area contributed by atoms with Crippen molar-refractivity contribution in [1.29, 1.82) is 0 Å². The van der Waals surface area contributed by atoms with Gasteiger partial charge < -0.3 is 15.0 Å². The molecular formula is C28H36Cl2N2O3. The molecular weight excluding hydrogens is 483 g/mol. The molecule has 1 saturated carbocycles. The van der Waals surface area contributed by atoms with Crippen LogP contribution in [0.4, 0.5) is 0 Å². The summed E-state index contributed by atoms with van der Waals surface area (Å²) in [7, 11) is 0. The Labute approximate surface area is 219 Å². The Balaban J connectivity index is 1.72. The van der Waals surface area contributed by atoms with Crippen LogP contribution >= 0.6 is 23.2 Å². The van der Waals surface area contributed by atoms with Crippen molar-refractivity contribution >= 4 is 35.0 Å². The highest BCUT2D eigenvalue weighted by molar-refractivity contribution is 6.35. The van der Waals surface area contributed by atoms with E-state index in [1.807, 2.05) is 24.3 Å². The minimum absolute atomic E-state index is 0.0319. The molecule has 0 aliphatic heterocycles. The molecule has 0 unspecified atom stereocenters. The van der Waals surface area contributed by atoms with Gasteiger partial charge in [-0.1, -0.05) is 81.4 Å². The number of ether oxygens (including phenoxy) is 1.